The van der Waals surface area contributed by atoms with Crippen molar-refractivity contribution < 1.29 is 4.42 Å². The minimum Gasteiger partial charge on any atom is -0.454 e. The normalized spacial score (nSPS) is 11.7. The Morgan fingerprint density at radius 3 is 1.72 bits per heavy atom. The summed E-state index contributed by atoms with van der Waals surface area (Å²) in [4.78, 5) is 20.4. The molecular formula is C54H32N4OS. The Labute approximate surface area is 348 Å². The Bertz CT molecular complexity index is 3550. The summed E-state index contributed by atoms with van der Waals surface area (Å²) >= 11 is 1.86. The summed E-state index contributed by atoms with van der Waals surface area (Å²) in [6.45, 7) is 0. The minimum absolute atomic E-state index is 0.583. The zero-order valence-electron chi connectivity index (χ0n) is 32.1. The molecule has 0 unspecified atom stereocenters. The highest BCUT2D eigenvalue weighted by atomic mass is 32.1. The van der Waals surface area contributed by atoms with E-state index in [4.69, 9.17) is 24.4 Å². The van der Waals surface area contributed by atoms with Gasteiger partial charge in [-0.3, -0.25) is 0 Å². The van der Waals surface area contributed by atoms with Crippen LogP contribution in [0.5, 0.6) is 0 Å². The quantitative estimate of drug-likeness (QED) is 0.168. The number of nitrogens with zero attached hydrogens (tertiary/aromatic N) is 4. The molecular weight excluding hydrogens is 753 g/mol. The topological polar surface area (TPSA) is 64.7 Å². The molecule has 0 amide bonds. The number of thiophene rings is 1. The summed E-state index contributed by atoms with van der Waals surface area (Å²) in [6, 6.07) is 67.4. The Morgan fingerprint density at radius 2 is 0.933 bits per heavy atom. The average Bonchev–Trinajstić information content (AvgIpc) is 3.91. The van der Waals surface area contributed by atoms with Gasteiger partial charge in [-0.05, 0) is 52.6 Å². The van der Waals surface area contributed by atoms with Gasteiger partial charge in [0.15, 0.2) is 23.1 Å². The molecule has 280 valence electrons. The zero-order chi connectivity index (χ0) is 39.6. The lowest BCUT2D eigenvalue weighted by Crippen LogP contribution is -2.00. The van der Waals surface area contributed by atoms with Gasteiger partial charge in [0.1, 0.15) is 11.3 Å². The third-order valence-electron chi connectivity index (χ3n) is 11.3. The van der Waals surface area contributed by atoms with Crippen molar-refractivity contribution >= 4 is 64.4 Å². The van der Waals surface area contributed by atoms with Gasteiger partial charge in [-0.2, -0.15) is 0 Å². The number of pyridine rings is 1. The third kappa shape index (κ3) is 5.76. The van der Waals surface area contributed by atoms with E-state index in [2.05, 4.69) is 109 Å². The van der Waals surface area contributed by atoms with E-state index in [1.165, 1.54) is 31.3 Å². The van der Waals surface area contributed by atoms with E-state index < -0.39 is 0 Å². The van der Waals surface area contributed by atoms with Gasteiger partial charge in [0.25, 0.3) is 0 Å². The number of para-hydroxylation sites is 1. The van der Waals surface area contributed by atoms with Crippen LogP contribution in [0.2, 0.25) is 0 Å². The first kappa shape index (κ1) is 34.3. The highest BCUT2D eigenvalue weighted by molar-refractivity contribution is 7.26. The maximum Gasteiger partial charge on any atom is 0.164 e. The molecule has 0 spiro atoms. The molecule has 0 N–H and O–H groups in total. The van der Waals surface area contributed by atoms with Crippen LogP contribution >= 0.6 is 11.3 Å². The smallest absolute Gasteiger partial charge is 0.164 e. The summed E-state index contributed by atoms with van der Waals surface area (Å²) in [6.07, 6.45) is 0. The fourth-order valence-electron chi connectivity index (χ4n) is 8.45. The van der Waals surface area contributed by atoms with Crippen LogP contribution in [0, 0.1) is 0 Å². The lowest BCUT2D eigenvalue weighted by molar-refractivity contribution is 0.669. The van der Waals surface area contributed by atoms with Crippen LogP contribution in [-0.4, -0.2) is 19.9 Å². The standard InChI is InChI=1S/C54H32N4OS/c1-3-14-33(15-4-1)52-56-53(34-16-5-2-6-17-34)58-54(57-52)39-21-12-20-38(31-39)49-50-48(44-23-7-9-26-46(44)59-50)43-29-28-36(32-45(43)55-49)35-18-11-19-37(30-35)40-24-13-25-42-41-22-8-10-27-47(41)60-51(40)42/h1-32H. The van der Waals surface area contributed by atoms with Gasteiger partial charge < -0.3 is 4.42 Å². The van der Waals surface area contributed by atoms with E-state index in [9.17, 15) is 0 Å². The summed E-state index contributed by atoms with van der Waals surface area (Å²) in [7, 11) is 0. The van der Waals surface area contributed by atoms with Crippen LogP contribution in [0.15, 0.2) is 199 Å². The number of benzene rings is 8. The minimum atomic E-state index is 0.583. The van der Waals surface area contributed by atoms with Crippen molar-refractivity contribution in [3.63, 3.8) is 0 Å². The van der Waals surface area contributed by atoms with Gasteiger partial charge in [-0.1, -0.05) is 164 Å². The molecule has 12 aromatic rings. The molecule has 4 aromatic heterocycles. The van der Waals surface area contributed by atoms with Gasteiger partial charge >= 0.3 is 0 Å². The van der Waals surface area contributed by atoms with Crippen LogP contribution in [0.25, 0.3) is 121 Å². The van der Waals surface area contributed by atoms with Gasteiger partial charge in [0.05, 0.1) is 5.52 Å². The molecule has 0 saturated heterocycles. The maximum absolute atomic E-state index is 6.68. The van der Waals surface area contributed by atoms with Crippen molar-refractivity contribution in [3.8, 4) is 67.7 Å². The van der Waals surface area contributed by atoms with E-state index in [0.29, 0.717) is 17.5 Å². The highest BCUT2D eigenvalue weighted by Crippen LogP contribution is 2.43. The Balaban J connectivity index is 1.01. The third-order valence-corrected chi connectivity index (χ3v) is 12.5. The van der Waals surface area contributed by atoms with Gasteiger partial charge in [-0.25, -0.2) is 19.9 Å². The lowest BCUT2D eigenvalue weighted by Gasteiger charge is -2.11. The molecule has 60 heavy (non-hydrogen) atoms. The number of rotatable bonds is 6. The molecule has 0 aliphatic rings. The summed E-state index contributed by atoms with van der Waals surface area (Å²) < 4.78 is 9.29. The van der Waals surface area contributed by atoms with Gasteiger partial charge in [0.2, 0.25) is 0 Å². The fraction of sp³-hybridized carbons (Fsp3) is 0. The molecule has 0 fully saturated rings. The van der Waals surface area contributed by atoms with Crippen LogP contribution in [0.3, 0.4) is 0 Å². The second-order valence-electron chi connectivity index (χ2n) is 15.0. The summed E-state index contributed by atoms with van der Waals surface area (Å²) in [5.74, 6) is 1.82. The van der Waals surface area contributed by atoms with Crippen molar-refractivity contribution in [1.29, 1.82) is 0 Å². The van der Waals surface area contributed by atoms with Crippen LogP contribution in [0.1, 0.15) is 0 Å². The largest absolute Gasteiger partial charge is 0.454 e. The molecule has 0 aliphatic heterocycles. The van der Waals surface area contributed by atoms with Crippen molar-refractivity contribution in [2.24, 2.45) is 0 Å². The Morgan fingerprint density at radius 1 is 0.367 bits per heavy atom. The lowest BCUT2D eigenvalue weighted by atomic mass is 9.96. The maximum atomic E-state index is 6.68. The molecule has 0 saturated carbocycles. The first-order valence-corrected chi connectivity index (χ1v) is 20.8. The van der Waals surface area contributed by atoms with Crippen LogP contribution in [0.4, 0.5) is 0 Å². The van der Waals surface area contributed by atoms with Crippen molar-refractivity contribution in [2.75, 3.05) is 0 Å². The van der Waals surface area contributed by atoms with E-state index in [1.54, 1.807) is 0 Å². The van der Waals surface area contributed by atoms with Crippen molar-refractivity contribution in [2.45, 2.75) is 0 Å². The number of furan rings is 1. The molecule has 4 heterocycles. The predicted octanol–water partition coefficient (Wildman–Crippen LogP) is 14.7. The van der Waals surface area contributed by atoms with Crippen LogP contribution in [-0.2, 0) is 0 Å². The first-order chi connectivity index (χ1) is 29.7. The van der Waals surface area contributed by atoms with E-state index in [1.807, 2.05) is 96.3 Å². The van der Waals surface area contributed by atoms with E-state index in [0.717, 1.165) is 71.9 Å². The van der Waals surface area contributed by atoms with Gasteiger partial charge in [-0.15, -0.1) is 11.3 Å². The molecule has 8 aromatic carbocycles. The SMILES string of the molecule is c1ccc(-c2nc(-c3ccccc3)nc(-c3cccc(-c4nc5cc(-c6cccc(-c7cccc8c7sc7ccccc78)c6)ccc5c5c4oc4ccccc45)c3)n2)cc1. The zero-order valence-corrected chi connectivity index (χ0v) is 32.9. The molecule has 0 atom stereocenters. The number of fused-ring (bicyclic) bond motifs is 8. The highest BCUT2D eigenvalue weighted by Gasteiger charge is 2.20. The van der Waals surface area contributed by atoms with Gasteiger partial charge in [0, 0.05) is 58.6 Å². The van der Waals surface area contributed by atoms with E-state index in [-0.39, 0.29) is 0 Å². The number of aromatic nitrogens is 4. The Kier molecular flexibility index (Phi) is 7.96. The molecule has 0 aliphatic carbocycles. The summed E-state index contributed by atoms with van der Waals surface area (Å²) in [5, 5.41) is 5.75. The van der Waals surface area contributed by atoms with Crippen molar-refractivity contribution in [1.82, 2.24) is 19.9 Å². The molecule has 0 bridgehead atoms. The first-order valence-electron chi connectivity index (χ1n) is 20.0. The van der Waals surface area contributed by atoms with E-state index >= 15 is 0 Å². The fourth-order valence-corrected chi connectivity index (χ4v) is 9.68. The molecule has 6 heteroatoms. The second-order valence-corrected chi connectivity index (χ2v) is 16.0. The number of hydrogen-bond donors (Lipinski definition) is 0. The average molecular weight is 785 g/mol. The van der Waals surface area contributed by atoms with Crippen molar-refractivity contribution in [3.05, 3.63) is 194 Å². The molecule has 12 rings (SSSR count). The number of hydrogen-bond acceptors (Lipinski definition) is 6. The summed E-state index contributed by atoms with van der Waals surface area (Å²) in [5.41, 5.74) is 11.5. The molecule has 0 radical (unpaired) electrons. The predicted molar refractivity (Wildman–Crippen MR) is 248 cm³/mol. The molecule has 5 nitrogen and oxygen atoms in total. The second kappa shape index (κ2) is 13.9. The van der Waals surface area contributed by atoms with Crippen LogP contribution < -0.4 is 0 Å². The monoisotopic (exact) mass is 784 g/mol. The Hall–Kier alpha value is -7.80.